The van der Waals surface area contributed by atoms with Crippen LogP contribution in [0.1, 0.15) is 16.7 Å². The predicted molar refractivity (Wildman–Crippen MR) is 113 cm³/mol. The number of amides is 1. The molecule has 0 radical (unpaired) electrons. The van der Waals surface area contributed by atoms with E-state index in [1.54, 1.807) is 23.9 Å². The third kappa shape index (κ3) is 6.92. The molecule has 0 atom stereocenters. The quantitative estimate of drug-likeness (QED) is 0.540. The van der Waals surface area contributed by atoms with Crippen LogP contribution >= 0.6 is 11.8 Å². The smallest absolute Gasteiger partial charge is 0.240 e. The van der Waals surface area contributed by atoms with Gasteiger partial charge in [-0.15, -0.1) is 11.8 Å². The lowest BCUT2D eigenvalue weighted by molar-refractivity contribution is -0.119. The number of sulfonamides is 1. The van der Waals surface area contributed by atoms with Crippen molar-refractivity contribution in [3.05, 3.63) is 59.2 Å². The van der Waals surface area contributed by atoms with Gasteiger partial charge in [-0.2, -0.15) is 0 Å². The molecule has 0 unspecified atom stereocenters. The summed E-state index contributed by atoms with van der Waals surface area (Å²) in [6, 6.07) is 13.7. The molecule has 146 valence electrons. The van der Waals surface area contributed by atoms with Crippen molar-refractivity contribution in [2.45, 2.75) is 25.7 Å². The van der Waals surface area contributed by atoms with Gasteiger partial charge in [0.25, 0.3) is 0 Å². The fourth-order valence-corrected chi connectivity index (χ4v) is 4.28. The second-order valence-electron chi connectivity index (χ2n) is 6.63. The summed E-state index contributed by atoms with van der Waals surface area (Å²) in [5, 5.41) is 2.80. The molecule has 0 aliphatic rings. The Kier molecular flexibility index (Phi) is 7.33. The van der Waals surface area contributed by atoms with Gasteiger partial charge in [0, 0.05) is 17.2 Å². The first-order valence-corrected chi connectivity index (χ1v) is 11.5. The average Bonchev–Trinajstić information content (AvgIpc) is 2.56. The summed E-state index contributed by atoms with van der Waals surface area (Å²) in [5.74, 6) is 0.404. The minimum atomic E-state index is -3.56. The van der Waals surface area contributed by atoms with Crippen molar-refractivity contribution in [2.24, 2.45) is 0 Å². The van der Waals surface area contributed by atoms with Crippen molar-refractivity contribution in [1.29, 1.82) is 0 Å². The fourth-order valence-electron chi connectivity index (χ4n) is 2.67. The van der Waals surface area contributed by atoms with Crippen LogP contribution in [-0.2, 0) is 14.8 Å². The van der Waals surface area contributed by atoms with Crippen molar-refractivity contribution in [1.82, 2.24) is 5.32 Å². The normalized spacial score (nSPS) is 11.3. The predicted octanol–water partition coefficient (Wildman–Crippen LogP) is 3.29. The van der Waals surface area contributed by atoms with Gasteiger partial charge in [-0.25, -0.2) is 8.42 Å². The Balaban J connectivity index is 1.93. The third-order valence-electron chi connectivity index (χ3n) is 3.90. The van der Waals surface area contributed by atoms with Crippen LogP contribution in [0.2, 0.25) is 0 Å². The molecule has 2 aromatic carbocycles. The molecule has 7 heteroatoms. The largest absolute Gasteiger partial charge is 0.354 e. The molecular weight excluding hydrogens is 380 g/mol. The van der Waals surface area contributed by atoms with Crippen LogP contribution in [0, 0.1) is 20.8 Å². The maximum absolute atomic E-state index is 12.3. The number of benzene rings is 2. The maximum Gasteiger partial charge on any atom is 0.240 e. The summed E-state index contributed by atoms with van der Waals surface area (Å²) in [4.78, 5) is 13.4. The van der Waals surface area contributed by atoms with E-state index >= 15 is 0 Å². The summed E-state index contributed by atoms with van der Waals surface area (Å²) in [6.07, 6.45) is 1.12. The number of nitrogens with one attached hydrogen (secondary N) is 1. The second-order valence-corrected chi connectivity index (χ2v) is 9.70. The van der Waals surface area contributed by atoms with E-state index in [9.17, 15) is 13.2 Å². The Morgan fingerprint density at radius 3 is 2.15 bits per heavy atom. The molecule has 0 aromatic heterocycles. The molecule has 0 saturated carbocycles. The van der Waals surface area contributed by atoms with Gasteiger partial charge in [-0.1, -0.05) is 23.8 Å². The van der Waals surface area contributed by atoms with Crippen molar-refractivity contribution < 1.29 is 13.2 Å². The maximum atomic E-state index is 12.3. The zero-order chi connectivity index (χ0) is 20.0. The van der Waals surface area contributed by atoms with Crippen LogP contribution in [0.5, 0.6) is 0 Å². The van der Waals surface area contributed by atoms with E-state index in [4.69, 9.17) is 0 Å². The molecule has 0 bridgehead atoms. The van der Waals surface area contributed by atoms with E-state index in [1.807, 2.05) is 39.0 Å². The van der Waals surface area contributed by atoms with E-state index in [0.29, 0.717) is 12.2 Å². The fraction of sp³-hybridized carbons (Fsp3) is 0.350. The highest BCUT2D eigenvalue weighted by Gasteiger charge is 2.21. The summed E-state index contributed by atoms with van der Waals surface area (Å²) >= 11 is 1.65. The van der Waals surface area contributed by atoms with Crippen LogP contribution in [0.25, 0.3) is 0 Å². The lowest BCUT2D eigenvalue weighted by atomic mass is 10.1. The average molecular weight is 407 g/mol. The first-order chi connectivity index (χ1) is 12.6. The molecule has 0 aliphatic carbocycles. The monoisotopic (exact) mass is 406 g/mol. The van der Waals surface area contributed by atoms with Crippen LogP contribution in [0.15, 0.2) is 47.4 Å². The second kappa shape index (κ2) is 9.28. The van der Waals surface area contributed by atoms with Gasteiger partial charge in [0.15, 0.2) is 0 Å². The van der Waals surface area contributed by atoms with E-state index in [-0.39, 0.29) is 12.5 Å². The van der Waals surface area contributed by atoms with Crippen molar-refractivity contribution in [3.63, 3.8) is 0 Å². The highest BCUT2D eigenvalue weighted by Crippen LogP contribution is 2.21. The molecule has 0 aliphatic heterocycles. The number of thioether (sulfide) groups is 1. The molecule has 2 rings (SSSR count). The molecule has 0 spiro atoms. The molecule has 2 aromatic rings. The third-order valence-corrected chi connectivity index (χ3v) is 6.05. The highest BCUT2D eigenvalue weighted by atomic mass is 32.2. The summed E-state index contributed by atoms with van der Waals surface area (Å²) in [6.45, 7) is 6.09. The van der Waals surface area contributed by atoms with Gasteiger partial charge < -0.3 is 5.32 Å². The zero-order valence-electron chi connectivity index (χ0n) is 16.2. The molecule has 0 fully saturated rings. The van der Waals surface area contributed by atoms with Gasteiger partial charge in [0.05, 0.1) is 11.9 Å². The minimum absolute atomic E-state index is 0.225. The van der Waals surface area contributed by atoms with Gasteiger partial charge in [0.2, 0.25) is 15.9 Å². The first-order valence-electron chi connectivity index (χ1n) is 8.67. The number of hydrogen-bond donors (Lipinski definition) is 1. The molecule has 0 saturated heterocycles. The molecule has 1 N–H and O–H groups in total. The molecule has 5 nitrogen and oxygen atoms in total. The van der Waals surface area contributed by atoms with Crippen LogP contribution in [-0.4, -0.2) is 39.4 Å². The Hall–Kier alpha value is -1.99. The topological polar surface area (TPSA) is 66.5 Å². The van der Waals surface area contributed by atoms with E-state index in [0.717, 1.165) is 32.3 Å². The standard InChI is InChI=1S/C20H26N2O3S2/c1-15-5-7-19(8-6-15)26-10-9-21-20(23)14-22(27(4,24)25)18-12-16(2)11-17(3)13-18/h5-8,11-13H,9-10,14H2,1-4H3,(H,21,23). The van der Waals surface area contributed by atoms with Crippen LogP contribution < -0.4 is 9.62 Å². The summed E-state index contributed by atoms with van der Waals surface area (Å²) in [5.41, 5.74) is 3.63. The van der Waals surface area contributed by atoms with Crippen molar-refractivity contribution in [2.75, 3.05) is 29.4 Å². The molecule has 0 heterocycles. The summed E-state index contributed by atoms with van der Waals surface area (Å²) < 4.78 is 25.5. The number of aryl methyl sites for hydroxylation is 3. The zero-order valence-corrected chi connectivity index (χ0v) is 17.8. The van der Waals surface area contributed by atoms with Crippen LogP contribution in [0.4, 0.5) is 5.69 Å². The van der Waals surface area contributed by atoms with E-state index < -0.39 is 10.0 Å². The molecule has 1 amide bonds. The molecule has 27 heavy (non-hydrogen) atoms. The van der Waals surface area contributed by atoms with Crippen LogP contribution in [0.3, 0.4) is 0 Å². The Labute approximate surface area is 166 Å². The lowest BCUT2D eigenvalue weighted by Crippen LogP contribution is -2.41. The van der Waals surface area contributed by atoms with Gasteiger partial charge in [0.1, 0.15) is 6.54 Å². The van der Waals surface area contributed by atoms with Crippen molar-refractivity contribution >= 4 is 33.4 Å². The first kappa shape index (κ1) is 21.3. The number of rotatable bonds is 8. The van der Waals surface area contributed by atoms with E-state index in [1.165, 1.54) is 5.56 Å². The van der Waals surface area contributed by atoms with Crippen molar-refractivity contribution in [3.8, 4) is 0 Å². The Morgan fingerprint density at radius 1 is 1.00 bits per heavy atom. The van der Waals surface area contributed by atoms with Gasteiger partial charge in [-0.05, 0) is 56.2 Å². The van der Waals surface area contributed by atoms with Gasteiger partial charge in [-0.3, -0.25) is 9.10 Å². The summed E-state index contributed by atoms with van der Waals surface area (Å²) in [7, 11) is -3.56. The SMILES string of the molecule is Cc1ccc(SCCNC(=O)CN(c2cc(C)cc(C)c2)S(C)(=O)=O)cc1. The highest BCUT2D eigenvalue weighted by molar-refractivity contribution is 7.99. The van der Waals surface area contributed by atoms with Gasteiger partial charge >= 0.3 is 0 Å². The van der Waals surface area contributed by atoms with E-state index in [2.05, 4.69) is 17.4 Å². The number of carbonyl (C=O) groups excluding carboxylic acids is 1. The Morgan fingerprint density at radius 2 is 1.59 bits per heavy atom. The Bertz CT molecular complexity index is 874. The number of anilines is 1. The molecular formula is C20H26N2O3S2. The number of nitrogens with zero attached hydrogens (tertiary/aromatic N) is 1. The lowest BCUT2D eigenvalue weighted by Gasteiger charge is -2.22. The minimum Gasteiger partial charge on any atom is -0.354 e. The number of hydrogen-bond acceptors (Lipinski definition) is 4. The number of carbonyl (C=O) groups is 1.